The minimum Gasteiger partial charge on any atom is -0.433 e. The molecule has 126 valence electrons. The summed E-state index contributed by atoms with van der Waals surface area (Å²) < 4.78 is 28.9. The molecule has 0 aliphatic heterocycles. The molecule has 2 rings (SSSR count). The summed E-state index contributed by atoms with van der Waals surface area (Å²) in [5.74, 6) is -0.627. The number of nitrogens with one attached hydrogen (secondary N) is 3. The fraction of sp³-hybridized carbons (Fsp3) is 0.467. The van der Waals surface area contributed by atoms with Crippen molar-refractivity contribution in [2.45, 2.75) is 38.3 Å². The van der Waals surface area contributed by atoms with Gasteiger partial charge < -0.3 is 15.4 Å². The van der Waals surface area contributed by atoms with Crippen LogP contribution in [0.5, 0.6) is 5.75 Å². The summed E-state index contributed by atoms with van der Waals surface area (Å²) in [6.45, 7) is -3.19. The van der Waals surface area contributed by atoms with Crippen LogP contribution in [0, 0.1) is 0 Å². The first-order valence-corrected chi connectivity index (χ1v) is 7.42. The summed E-state index contributed by atoms with van der Waals surface area (Å²) in [5, 5.41) is 7.59. The van der Waals surface area contributed by atoms with E-state index in [2.05, 4.69) is 20.7 Å². The Bertz CT molecular complexity index is 549. The quantitative estimate of drug-likeness (QED) is 0.750. The van der Waals surface area contributed by atoms with Gasteiger partial charge in [0.15, 0.2) is 0 Å². The maximum absolute atomic E-state index is 12.3. The highest BCUT2D eigenvalue weighted by Gasteiger charge is 2.18. The van der Waals surface area contributed by atoms with Gasteiger partial charge in [0, 0.05) is 6.04 Å². The number of anilines is 1. The lowest BCUT2D eigenvalue weighted by molar-refractivity contribution is -0.118. The lowest BCUT2D eigenvalue weighted by Crippen LogP contribution is -2.45. The molecule has 1 fully saturated rings. The average molecular weight is 327 g/mol. The van der Waals surface area contributed by atoms with Gasteiger partial charge in [-0.15, -0.1) is 0 Å². The third kappa shape index (κ3) is 5.72. The standard InChI is InChI=1S/C15H19F2N3O3/c16-14(17)23-12-8-4-3-7-11(12)18-9-13(21)20-15(22)19-10-5-1-2-6-10/h3-4,7-8,10,14,18H,1-2,5-6,9H2,(H2,19,20,21,22). The Morgan fingerprint density at radius 3 is 2.61 bits per heavy atom. The Hall–Kier alpha value is -2.38. The van der Waals surface area contributed by atoms with Gasteiger partial charge in [-0.3, -0.25) is 10.1 Å². The molecule has 0 atom stereocenters. The summed E-state index contributed by atoms with van der Waals surface area (Å²) in [4.78, 5) is 23.3. The molecule has 3 amide bonds. The summed E-state index contributed by atoms with van der Waals surface area (Å²) in [7, 11) is 0. The summed E-state index contributed by atoms with van der Waals surface area (Å²) in [6, 6.07) is 5.59. The SMILES string of the molecule is O=C(CNc1ccccc1OC(F)F)NC(=O)NC1CCCC1. The Kier molecular flexibility index (Phi) is 6.13. The van der Waals surface area contributed by atoms with Crippen LogP contribution in [-0.4, -0.2) is 31.1 Å². The molecule has 1 aromatic carbocycles. The zero-order valence-electron chi connectivity index (χ0n) is 12.5. The van der Waals surface area contributed by atoms with Gasteiger partial charge in [-0.25, -0.2) is 4.79 Å². The second kappa shape index (κ2) is 8.30. The minimum absolute atomic E-state index is 0.0642. The molecule has 3 N–H and O–H groups in total. The summed E-state index contributed by atoms with van der Waals surface area (Å²) in [6.07, 6.45) is 3.97. The number of hydrogen-bond donors (Lipinski definition) is 3. The molecule has 0 spiro atoms. The number of alkyl halides is 2. The normalized spacial score (nSPS) is 14.6. The Labute approximate surface area is 132 Å². The molecule has 1 saturated carbocycles. The van der Waals surface area contributed by atoms with E-state index in [0.717, 1.165) is 25.7 Å². The molecule has 1 aliphatic rings. The highest BCUT2D eigenvalue weighted by Crippen LogP contribution is 2.25. The number of carbonyl (C=O) groups excluding carboxylic acids is 2. The summed E-state index contributed by atoms with van der Waals surface area (Å²) in [5.41, 5.74) is 0.249. The highest BCUT2D eigenvalue weighted by atomic mass is 19.3. The van der Waals surface area contributed by atoms with Gasteiger partial charge >= 0.3 is 12.6 Å². The van der Waals surface area contributed by atoms with E-state index in [-0.39, 0.29) is 24.0 Å². The molecule has 0 bridgehead atoms. The molecule has 0 aromatic heterocycles. The average Bonchev–Trinajstić information content (AvgIpc) is 2.98. The number of benzene rings is 1. The van der Waals surface area contributed by atoms with Gasteiger partial charge in [0.05, 0.1) is 12.2 Å². The fourth-order valence-corrected chi connectivity index (χ4v) is 2.45. The number of halogens is 2. The lowest BCUT2D eigenvalue weighted by Gasteiger charge is -2.14. The maximum atomic E-state index is 12.3. The third-order valence-corrected chi connectivity index (χ3v) is 3.49. The van der Waals surface area contributed by atoms with Crippen LogP contribution < -0.4 is 20.7 Å². The van der Waals surface area contributed by atoms with Gasteiger partial charge in [0.1, 0.15) is 5.75 Å². The highest BCUT2D eigenvalue weighted by molar-refractivity contribution is 5.96. The van der Waals surface area contributed by atoms with Gasteiger partial charge in [-0.2, -0.15) is 8.78 Å². The Morgan fingerprint density at radius 1 is 1.22 bits per heavy atom. The van der Waals surface area contributed by atoms with Crippen LogP contribution in [0.15, 0.2) is 24.3 Å². The number of rotatable bonds is 6. The van der Waals surface area contributed by atoms with E-state index in [1.807, 2.05) is 0 Å². The fourth-order valence-electron chi connectivity index (χ4n) is 2.45. The molecule has 8 heteroatoms. The molecule has 6 nitrogen and oxygen atoms in total. The monoisotopic (exact) mass is 327 g/mol. The number of imide groups is 1. The van der Waals surface area contributed by atoms with E-state index < -0.39 is 18.5 Å². The van der Waals surface area contributed by atoms with Crippen molar-refractivity contribution in [2.24, 2.45) is 0 Å². The zero-order valence-corrected chi connectivity index (χ0v) is 12.5. The Balaban J connectivity index is 1.78. The van der Waals surface area contributed by atoms with Gasteiger partial charge in [-0.05, 0) is 25.0 Å². The van der Waals surface area contributed by atoms with E-state index in [4.69, 9.17) is 0 Å². The molecule has 0 heterocycles. The predicted molar refractivity (Wildman–Crippen MR) is 80.5 cm³/mol. The first-order chi connectivity index (χ1) is 11.0. The second-order valence-corrected chi connectivity index (χ2v) is 5.23. The van der Waals surface area contributed by atoms with E-state index in [9.17, 15) is 18.4 Å². The van der Waals surface area contributed by atoms with Crippen LogP contribution >= 0.6 is 0 Å². The maximum Gasteiger partial charge on any atom is 0.387 e. The topological polar surface area (TPSA) is 79.5 Å². The van der Waals surface area contributed by atoms with E-state index in [1.54, 1.807) is 6.07 Å². The van der Waals surface area contributed by atoms with Crippen molar-refractivity contribution in [1.29, 1.82) is 0 Å². The Morgan fingerprint density at radius 2 is 1.91 bits per heavy atom. The van der Waals surface area contributed by atoms with Crippen LogP contribution in [-0.2, 0) is 4.79 Å². The van der Waals surface area contributed by atoms with Gasteiger partial charge in [0.25, 0.3) is 0 Å². The third-order valence-electron chi connectivity index (χ3n) is 3.49. The van der Waals surface area contributed by atoms with Gasteiger partial charge in [0.2, 0.25) is 5.91 Å². The van der Waals surface area contributed by atoms with Crippen molar-refractivity contribution >= 4 is 17.6 Å². The molecule has 0 unspecified atom stereocenters. The number of para-hydroxylation sites is 2. The number of carbonyl (C=O) groups is 2. The second-order valence-electron chi connectivity index (χ2n) is 5.23. The van der Waals surface area contributed by atoms with Gasteiger partial charge in [-0.1, -0.05) is 25.0 Å². The van der Waals surface area contributed by atoms with Crippen LogP contribution in [0.1, 0.15) is 25.7 Å². The van der Waals surface area contributed by atoms with E-state index >= 15 is 0 Å². The van der Waals surface area contributed by atoms with Crippen molar-refractivity contribution in [3.63, 3.8) is 0 Å². The van der Waals surface area contributed by atoms with E-state index in [0.29, 0.717) is 0 Å². The first kappa shape index (κ1) is 17.0. The van der Waals surface area contributed by atoms with Crippen molar-refractivity contribution in [2.75, 3.05) is 11.9 Å². The van der Waals surface area contributed by atoms with Crippen LogP contribution in [0.3, 0.4) is 0 Å². The van der Waals surface area contributed by atoms with Crippen LogP contribution in [0.25, 0.3) is 0 Å². The molecule has 0 saturated heterocycles. The zero-order chi connectivity index (χ0) is 16.7. The number of amides is 3. The van der Waals surface area contributed by atoms with Crippen LogP contribution in [0.4, 0.5) is 19.3 Å². The molecule has 0 radical (unpaired) electrons. The number of ether oxygens (including phenoxy) is 1. The predicted octanol–water partition coefficient (Wildman–Crippen LogP) is 2.47. The number of hydrogen-bond acceptors (Lipinski definition) is 4. The summed E-state index contributed by atoms with van der Waals surface area (Å²) >= 11 is 0. The van der Waals surface area contributed by atoms with Crippen LogP contribution in [0.2, 0.25) is 0 Å². The minimum atomic E-state index is -2.95. The smallest absolute Gasteiger partial charge is 0.387 e. The van der Waals surface area contributed by atoms with Crippen molar-refractivity contribution in [3.8, 4) is 5.75 Å². The van der Waals surface area contributed by atoms with E-state index in [1.165, 1.54) is 18.2 Å². The largest absolute Gasteiger partial charge is 0.433 e. The first-order valence-electron chi connectivity index (χ1n) is 7.42. The van der Waals surface area contributed by atoms with Crippen molar-refractivity contribution < 1.29 is 23.1 Å². The molecular weight excluding hydrogens is 308 g/mol. The molecule has 1 aliphatic carbocycles. The molecular formula is C15H19F2N3O3. The molecule has 1 aromatic rings. The number of urea groups is 1. The van der Waals surface area contributed by atoms with Crippen molar-refractivity contribution in [1.82, 2.24) is 10.6 Å². The lowest BCUT2D eigenvalue weighted by atomic mass is 10.2. The van der Waals surface area contributed by atoms with Crippen molar-refractivity contribution in [3.05, 3.63) is 24.3 Å². The molecule has 23 heavy (non-hydrogen) atoms.